The van der Waals surface area contributed by atoms with Crippen LogP contribution in [0.3, 0.4) is 0 Å². The Morgan fingerprint density at radius 3 is 2.59 bits per heavy atom. The van der Waals surface area contributed by atoms with E-state index >= 15 is 0 Å². The number of carbonyl (C=O) groups is 3. The predicted octanol–water partition coefficient (Wildman–Crippen LogP) is 4.76. The van der Waals surface area contributed by atoms with Crippen LogP contribution in [0.4, 0.5) is 10.1 Å². The summed E-state index contributed by atoms with van der Waals surface area (Å²) in [5, 5.41) is 14.6. The number of aryl methyl sites for hydroxylation is 1. The standard InChI is InChI=1S/C21H28N4O4S3/c1-4-29-19(28)17-13-8-6-5-7-9-14(13)31-18(17)22-16(27)11-30-21-25-24-20(32-21)23-15(26)10-12(2)3/h12H,4-11H2,1-3H3,(H,22,27)(H,23,24,26). The van der Waals surface area contributed by atoms with Crippen molar-refractivity contribution in [2.24, 2.45) is 5.92 Å². The fraction of sp³-hybridized carbons (Fsp3) is 0.571. The van der Waals surface area contributed by atoms with Gasteiger partial charge in [0.15, 0.2) is 4.34 Å². The molecule has 0 bridgehead atoms. The first-order chi connectivity index (χ1) is 15.4. The first-order valence-corrected chi connectivity index (χ1v) is 13.4. The third-order valence-corrected chi connectivity index (χ3v) is 7.91. The third kappa shape index (κ3) is 6.76. The molecule has 0 fully saturated rings. The number of hydrogen-bond donors (Lipinski definition) is 2. The van der Waals surface area contributed by atoms with Gasteiger partial charge in [-0.2, -0.15) is 0 Å². The number of thiophene rings is 1. The van der Waals surface area contributed by atoms with Gasteiger partial charge in [0.05, 0.1) is 17.9 Å². The highest BCUT2D eigenvalue weighted by atomic mass is 32.2. The third-order valence-electron chi connectivity index (χ3n) is 4.73. The van der Waals surface area contributed by atoms with Gasteiger partial charge in [0.25, 0.3) is 0 Å². The van der Waals surface area contributed by atoms with Crippen LogP contribution in [0.25, 0.3) is 0 Å². The van der Waals surface area contributed by atoms with Gasteiger partial charge in [-0.15, -0.1) is 21.5 Å². The van der Waals surface area contributed by atoms with Crippen LogP contribution in [-0.2, 0) is 27.2 Å². The molecule has 0 saturated carbocycles. The molecule has 0 atom stereocenters. The summed E-state index contributed by atoms with van der Waals surface area (Å²) in [4.78, 5) is 38.2. The number of ether oxygens (including phenoxy) is 1. The quantitative estimate of drug-likeness (QED) is 0.223. The van der Waals surface area contributed by atoms with Crippen LogP contribution in [0.1, 0.15) is 67.3 Å². The number of anilines is 2. The highest BCUT2D eigenvalue weighted by molar-refractivity contribution is 8.01. The number of esters is 1. The van der Waals surface area contributed by atoms with Gasteiger partial charge >= 0.3 is 5.97 Å². The van der Waals surface area contributed by atoms with Gasteiger partial charge in [-0.1, -0.05) is 43.4 Å². The van der Waals surface area contributed by atoms with E-state index in [2.05, 4.69) is 20.8 Å². The fourth-order valence-corrected chi connectivity index (χ4v) is 6.26. The summed E-state index contributed by atoms with van der Waals surface area (Å²) >= 11 is 3.96. The maximum absolute atomic E-state index is 12.6. The number of nitrogens with zero attached hydrogens (tertiary/aromatic N) is 2. The Morgan fingerprint density at radius 2 is 1.84 bits per heavy atom. The monoisotopic (exact) mass is 496 g/mol. The number of hydrogen-bond acceptors (Lipinski definition) is 9. The molecule has 8 nitrogen and oxygen atoms in total. The molecule has 0 spiro atoms. The second kappa shape index (κ2) is 11.8. The second-order valence-corrected chi connectivity index (χ2v) is 11.2. The number of carbonyl (C=O) groups excluding carboxylic acids is 3. The first kappa shape index (κ1) is 24.7. The van der Waals surface area contributed by atoms with Gasteiger partial charge in [0.2, 0.25) is 16.9 Å². The average molecular weight is 497 g/mol. The molecule has 0 saturated heterocycles. The summed E-state index contributed by atoms with van der Waals surface area (Å²) < 4.78 is 5.85. The Balaban J connectivity index is 1.62. The van der Waals surface area contributed by atoms with E-state index in [0.29, 0.717) is 33.1 Å². The number of fused-ring (bicyclic) bond motifs is 1. The second-order valence-electron chi connectivity index (χ2n) is 7.85. The molecule has 11 heteroatoms. The zero-order valence-corrected chi connectivity index (χ0v) is 20.9. The average Bonchev–Trinajstić information content (AvgIpc) is 3.22. The van der Waals surface area contributed by atoms with Gasteiger partial charge in [0.1, 0.15) is 5.00 Å². The lowest BCUT2D eigenvalue weighted by atomic mass is 10.1. The highest BCUT2D eigenvalue weighted by Crippen LogP contribution is 2.38. The van der Waals surface area contributed by atoms with E-state index in [4.69, 9.17) is 4.74 Å². The number of rotatable bonds is 9. The molecule has 1 aliphatic rings. The molecule has 1 aliphatic carbocycles. The van der Waals surface area contributed by atoms with E-state index < -0.39 is 0 Å². The van der Waals surface area contributed by atoms with Crippen LogP contribution in [0.15, 0.2) is 4.34 Å². The zero-order valence-electron chi connectivity index (χ0n) is 18.5. The lowest BCUT2D eigenvalue weighted by Crippen LogP contribution is -2.16. The zero-order chi connectivity index (χ0) is 23.1. The van der Waals surface area contributed by atoms with Crippen LogP contribution in [0.5, 0.6) is 0 Å². The van der Waals surface area contributed by atoms with Crippen LogP contribution in [0.2, 0.25) is 0 Å². The minimum Gasteiger partial charge on any atom is -0.462 e. The van der Waals surface area contributed by atoms with Crippen LogP contribution in [-0.4, -0.2) is 40.3 Å². The van der Waals surface area contributed by atoms with E-state index in [1.165, 1.54) is 39.3 Å². The van der Waals surface area contributed by atoms with Crippen LogP contribution < -0.4 is 10.6 Å². The van der Waals surface area contributed by atoms with Crippen molar-refractivity contribution in [2.75, 3.05) is 23.0 Å². The predicted molar refractivity (Wildman–Crippen MR) is 129 cm³/mol. The Hall–Kier alpha value is -1.98. The summed E-state index contributed by atoms with van der Waals surface area (Å²) in [7, 11) is 0. The van der Waals surface area contributed by atoms with E-state index in [0.717, 1.165) is 37.7 Å². The largest absolute Gasteiger partial charge is 0.462 e. The Labute approximate surface area is 199 Å². The summed E-state index contributed by atoms with van der Waals surface area (Å²) in [6.45, 7) is 6.01. The van der Waals surface area contributed by atoms with Crippen molar-refractivity contribution in [1.82, 2.24) is 10.2 Å². The van der Waals surface area contributed by atoms with E-state index in [1.807, 2.05) is 13.8 Å². The number of aromatic nitrogens is 2. The maximum Gasteiger partial charge on any atom is 0.341 e. The van der Waals surface area contributed by atoms with Gasteiger partial charge in [-0.05, 0) is 44.1 Å². The molecule has 3 rings (SSSR count). The van der Waals surface area contributed by atoms with E-state index in [-0.39, 0.29) is 29.5 Å². The van der Waals surface area contributed by atoms with Crippen molar-refractivity contribution in [3.8, 4) is 0 Å². The summed E-state index contributed by atoms with van der Waals surface area (Å²) in [6, 6.07) is 0. The number of nitrogens with one attached hydrogen (secondary N) is 2. The normalized spacial score (nSPS) is 13.4. The van der Waals surface area contributed by atoms with Crippen molar-refractivity contribution in [3.63, 3.8) is 0 Å². The summed E-state index contributed by atoms with van der Waals surface area (Å²) in [5.41, 5.74) is 1.54. The highest BCUT2D eigenvalue weighted by Gasteiger charge is 2.26. The van der Waals surface area contributed by atoms with E-state index in [9.17, 15) is 14.4 Å². The molecule has 2 aromatic rings. The Kier molecular flexibility index (Phi) is 9.06. The SMILES string of the molecule is CCOC(=O)c1c(NC(=O)CSc2nnc(NC(=O)CC(C)C)s2)sc2c1CCCCC2. The topological polar surface area (TPSA) is 110 Å². The van der Waals surface area contributed by atoms with Gasteiger partial charge in [-0.25, -0.2) is 4.79 Å². The molecule has 2 aromatic heterocycles. The molecule has 2 N–H and O–H groups in total. The van der Waals surface area contributed by atoms with Gasteiger partial charge < -0.3 is 15.4 Å². The van der Waals surface area contributed by atoms with Crippen molar-refractivity contribution in [3.05, 3.63) is 16.0 Å². The van der Waals surface area contributed by atoms with Crippen molar-refractivity contribution >= 4 is 62.4 Å². The van der Waals surface area contributed by atoms with Gasteiger partial charge in [0, 0.05) is 11.3 Å². The molecule has 0 unspecified atom stereocenters. The van der Waals surface area contributed by atoms with Gasteiger partial charge in [-0.3, -0.25) is 9.59 Å². The Bertz CT molecular complexity index is 970. The fourth-order valence-electron chi connectivity index (χ4n) is 3.40. The molecular formula is C21H28N4O4S3. The summed E-state index contributed by atoms with van der Waals surface area (Å²) in [6.07, 6.45) is 5.44. The van der Waals surface area contributed by atoms with E-state index in [1.54, 1.807) is 6.92 Å². The molecule has 174 valence electrons. The van der Waals surface area contributed by atoms with Crippen molar-refractivity contribution in [1.29, 1.82) is 0 Å². The lowest BCUT2D eigenvalue weighted by molar-refractivity contribution is -0.117. The lowest BCUT2D eigenvalue weighted by Gasteiger charge is -2.08. The maximum atomic E-state index is 12.6. The van der Waals surface area contributed by atoms with Crippen molar-refractivity contribution < 1.29 is 19.1 Å². The molecular weight excluding hydrogens is 468 g/mol. The molecule has 0 radical (unpaired) electrons. The minimum absolute atomic E-state index is 0.102. The molecule has 0 aromatic carbocycles. The molecule has 2 heterocycles. The number of thioether (sulfide) groups is 1. The smallest absolute Gasteiger partial charge is 0.341 e. The van der Waals surface area contributed by atoms with Crippen LogP contribution in [0, 0.1) is 5.92 Å². The van der Waals surface area contributed by atoms with Crippen LogP contribution >= 0.6 is 34.4 Å². The summed E-state index contributed by atoms with van der Waals surface area (Å²) in [5.74, 6) is -0.320. The molecule has 0 aliphatic heterocycles. The molecule has 2 amide bonds. The first-order valence-electron chi connectivity index (χ1n) is 10.7. The number of amides is 2. The Morgan fingerprint density at radius 1 is 1.06 bits per heavy atom. The minimum atomic E-state index is -0.374. The van der Waals surface area contributed by atoms with Crippen molar-refractivity contribution in [2.45, 2.75) is 63.6 Å². The molecule has 32 heavy (non-hydrogen) atoms.